The molecular weight excluding hydrogens is 950 g/mol. The summed E-state index contributed by atoms with van der Waals surface area (Å²) in [5.41, 5.74) is 0. The van der Waals surface area contributed by atoms with Gasteiger partial charge in [0, 0.05) is 32.4 Å². The van der Waals surface area contributed by atoms with Gasteiger partial charge in [-0.05, 0) is 19.3 Å². The summed E-state index contributed by atoms with van der Waals surface area (Å²) in [5, 5.41) is 129. The maximum atomic E-state index is 13.7. The molecule has 0 aromatic carbocycles. The van der Waals surface area contributed by atoms with E-state index in [1.807, 2.05) is 0 Å². The average Bonchev–Trinajstić information content (AvgIpc) is 3.64. The van der Waals surface area contributed by atoms with Crippen LogP contribution in [0.4, 0.5) is 0 Å². The normalized spacial score (nSPS) is 33.0. The summed E-state index contributed by atoms with van der Waals surface area (Å²) in [4.78, 5) is 81.4. The maximum absolute atomic E-state index is 13.7. The summed E-state index contributed by atoms with van der Waals surface area (Å²) in [6, 6.07) is -1.11. The molecule has 16 atom stereocenters. The number of amides is 5. The number of carbonyl (C=O) groups excluding carboxylic acids is 6. The minimum atomic E-state index is -1.83. The second-order valence-corrected chi connectivity index (χ2v) is 16.9. The molecule has 4 saturated heterocycles. The van der Waals surface area contributed by atoms with Crippen molar-refractivity contribution < 1.29 is 123 Å². The van der Waals surface area contributed by atoms with Crippen molar-refractivity contribution in [3.05, 3.63) is 0 Å². The predicted molar refractivity (Wildman–Crippen MR) is 224 cm³/mol. The quantitative estimate of drug-likeness (QED) is 0.0256. The first-order valence-electron chi connectivity index (χ1n) is 22.7. The molecule has 0 saturated carbocycles. The summed E-state index contributed by atoms with van der Waals surface area (Å²) >= 11 is 0. The number of hydroxylamine groups is 2. The van der Waals surface area contributed by atoms with E-state index in [1.165, 1.54) is 0 Å². The number of aliphatic hydroxyl groups excluding tert-OH is 12. The van der Waals surface area contributed by atoms with Crippen molar-refractivity contribution in [3.63, 3.8) is 0 Å². The smallest absolute Gasteiger partial charge is 0.333 e. The van der Waals surface area contributed by atoms with E-state index < -0.39 is 180 Å². The van der Waals surface area contributed by atoms with Crippen LogP contribution in [0.15, 0.2) is 0 Å². The Morgan fingerprint density at radius 3 is 1.50 bits per heavy atom. The number of nitrogens with one attached hydrogen (secondary N) is 3. The largest absolute Gasteiger partial charge is 0.394 e. The first-order valence-corrected chi connectivity index (χ1v) is 22.7. The molecule has 4 heterocycles. The number of aliphatic hydroxyl groups is 12. The zero-order chi connectivity index (χ0) is 51.7. The van der Waals surface area contributed by atoms with E-state index in [4.69, 9.17) is 33.3 Å². The molecule has 0 bridgehead atoms. The van der Waals surface area contributed by atoms with Gasteiger partial charge in [-0.15, -0.1) is 5.06 Å². The van der Waals surface area contributed by atoms with Crippen molar-refractivity contribution in [1.82, 2.24) is 25.9 Å². The number of unbranched alkanes of at least 4 members (excludes halogenated alkanes) is 2. The van der Waals surface area contributed by atoms with E-state index in [1.54, 1.807) is 0 Å². The Hall–Kier alpha value is -3.74. The van der Waals surface area contributed by atoms with E-state index in [9.17, 15) is 90.0 Å². The molecular formula is C40H67N5O25. The molecule has 30 nitrogen and oxygen atoms in total. The molecule has 1 unspecified atom stereocenters. The Kier molecular flexibility index (Phi) is 24.4. The molecule has 4 rings (SSSR count). The molecule has 0 aliphatic carbocycles. The van der Waals surface area contributed by atoms with Gasteiger partial charge in [0.2, 0.25) is 17.7 Å². The van der Waals surface area contributed by atoms with Crippen molar-refractivity contribution in [2.75, 3.05) is 72.4 Å². The third-order valence-corrected chi connectivity index (χ3v) is 11.5. The van der Waals surface area contributed by atoms with Gasteiger partial charge in [-0.2, -0.15) is 0 Å². The molecule has 402 valence electrons. The maximum Gasteiger partial charge on any atom is 0.333 e. The van der Waals surface area contributed by atoms with Crippen molar-refractivity contribution in [2.45, 2.75) is 143 Å². The summed E-state index contributed by atoms with van der Waals surface area (Å²) in [7, 11) is 0. The molecule has 30 heteroatoms. The van der Waals surface area contributed by atoms with Gasteiger partial charge in [0.15, 0.2) is 18.9 Å². The minimum Gasteiger partial charge on any atom is -0.394 e. The number of rotatable bonds is 28. The van der Waals surface area contributed by atoms with Gasteiger partial charge >= 0.3 is 5.97 Å². The molecule has 0 aromatic heterocycles. The van der Waals surface area contributed by atoms with Crippen LogP contribution < -0.4 is 16.0 Å². The van der Waals surface area contributed by atoms with E-state index in [0.29, 0.717) is 17.9 Å². The molecule has 4 fully saturated rings. The first-order chi connectivity index (χ1) is 33.3. The third-order valence-electron chi connectivity index (χ3n) is 11.5. The monoisotopic (exact) mass is 1020 g/mol. The van der Waals surface area contributed by atoms with Crippen LogP contribution in [0.1, 0.15) is 44.9 Å². The van der Waals surface area contributed by atoms with Gasteiger partial charge in [0.25, 0.3) is 11.8 Å². The lowest BCUT2D eigenvalue weighted by molar-refractivity contribution is -0.304. The van der Waals surface area contributed by atoms with Crippen molar-refractivity contribution >= 4 is 35.5 Å². The average molecular weight is 1020 g/mol. The van der Waals surface area contributed by atoms with Crippen LogP contribution in [-0.4, -0.2) is 277 Å². The molecule has 4 aliphatic rings. The van der Waals surface area contributed by atoms with Gasteiger partial charge in [0.05, 0.1) is 65.3 Å². The summed E-state index contributed by atoms with van der Waals surface area (Å²) < 4.78 is 32.6. The van der Waals surface area contributed by atoms with Crippen molar-refractivity contribution in [1.29, 1.82) is 0 Å². The molecule has 15 N–H and O–H groups in total. The second kappa shape index (κ2) is 29.1. The molecule has 0 spiro atoms. The van der Waals surface area contributed by atoms with Crippen molar-refractivity contribution in [2.24, 2.45) is 0 Å². The van der Waals surface area contributed by atoms with E-state index in [0.717, 1.165) is 4.90 Å². The number of hydrogen-bond acceptors (Lipinski definition) is 26. The van der Waals surface area contributed by atoms with E-state index in [2.05, 4.69) is 16.0 Å². The standard InChI is InChI=1S/C40H67N5O25/c46-15-20-29(55)32(58)35(61)38(67-20)64-10-7-19(18-66-40-37(63)34(60)31(57)22(17-48)69-40)43-25(51)14-44(13-24(50)42-9-11-65-39-36(62)33(59)30(56)21(16-47)68-39)12-23(49)41-8-3-1-2-4-28(54)70-45-26(52)5-6-27(45)53/h19-22,29-40,46-48,55-63H,1-18H2,(H,41,49)(H,42,50)(H,43,51)/t19?,20-,21-,22-,29-,30-,31-,32+,33+,34+,35+,36+,37+,38+,39-,40+/m1/s1. The highest BCUT2D eigenvalue weighted by Gasteiger charge is 2.46. The Morgan fingerprint density at radius 1 is 0.571 bits per heavy atom. The van der Waals surface area contributed by atoms with Crippen LogP contribution in [-0.2, 0) is 62.0 Å². The lowest BCUT2D eigenvalue weighted by Crippen LogP contribution is -2.60. The highest BCUT2D eigenvalue weighted by Crippen LogP contribution is 2.25. The molecule has 5 amide bonds. The molecule has 70 heavy (non-hydrogen) atoms. The van der Waals surface area contributed by atoms with Crippen LogP contribution in [0.25, 0.3) is 0 Å². The lowest BCUT2D eigenvalue weighted by atomic mass is 9.99. The fourth-order valence-electron chi connectivity index (χ4n) is 7.48. The Balaban J connectivity index is 1.37. The number of imide groups is 1. The highest BCUT2D eigenvalue weighted by atomic mass is 16.7. The van der Waals surface area contributed by atoms with Gasteiger partial charge in [-0.3, -0.25) is 28.9 Å². The van der Waals surface area contributed by atoms with Crippen LogP contribution in [0, 0.1) is 0 Å². The Bertz CT molecular complexity index is 1670. The Morgan fingerprint density at radius 2 is 1.01 bits per heavy atom. The first kappa shape index (κ1) is 58.8. The number of carbonyl (C=O) groups is 6. The fraction of sp³-hybridized carbons (Fsp3) is 0.850. The van der Waals surface area contributed by atoms with Gasteiger partial charge in [0.1, 0.15) is 73.2 Å². The molecule has 0 radical (unpaired) electrons. The lowest BCUT2D eigenvalue weighted by Gasteiger charge is -2.40. The summed E-state index contributed by atoms with van der Waals surface area (Å²) in [6.45, 7) is -5.35. The fourth-order valence-corrected chi connectivity index (χ4v) is 7.48. The molecule has 4 aliphatic heterocycles. The number of nitrogens with zero attached hydrogens (tertiary/aromatic N) is 2. The SMILES string of the molecule is O=C(CN(CC(=O)NCCO[C@@H]1O[C@H](CO)[C@@H](O)[C@H](O)[C@@H]1O)CC(=O)NC(CCO[C@H]1O[C@H](CO)[C@@H](O)[C@H](O)[C@@H]1O)CO[C@H]1O[C@H](CO)[C@@H](O)[C@H](O)[C@@H]1O)NCCCCCC(=O)ON1C(=O)CCC1=O. The zero-order valence-electron chi connectivity index (χ0n) is 38.0. The van der Waals surface area contributed by atoms with E-state index >= 15 is 0 Å². The van der Waals surface area contributed by atoms with Crippen LogP contribution >= 0.6 is 0 Å². The Labute approximate surface area is 399 Å². The van der Waals surface area contributed by atoms with Gasteiger partial charge < -0.3 is 110 Å². The van der Waals surface area contributed by atoms with E-state index in [-0.39, 0.29) is 58.4 Å². The minimum absolute atomic E-state index is 0.0569. The predicted octanol–water partition coefficient (Wildman–Crippen LogP) is -9.99. The van der Waals surface area contributed by atoms with Gasteiger partial charge in [-0.25, -0.2) is 4.79 Å². The third kappa shape index (κ3) is 17.2. The zero-order valence-corrected chi connectivity index (χ0v) is 38.0. The van der Waals surface area contributed by atoms with Crippen molar-refractivity contribution in [3.8, 4) is 0 Å². The highest BCUT2D eigenvalue weighted by molar-refractivity contribution is 6.01. The summed E-state index contributed by atoms with van der Waals surface area (Å²) in [5.74, 6) is -4.24. The molecule has 0 aromatic rings. The van der Waals surface area contributed by atoms with Crippen LogP contribution in [0.3, 0.4) is 0 Å². The number of hydrogen-bond donors (Lipinski definition) is 15. The van der Waals surface area contributed by atoms with Crippen LogP contribution in [0.2, 0.25) is 0 Å². The second-order valence-electron chi connectivity index (χ2n) is 16.9. The topological polar surface area (TPSA) is 452 Å². The summed E-state index contributed by atoms with van der Waals surface area (Å²) in [6.07, 6.45) is -23.6. The van der Waals surface area contributed by atoms with Gasteiger partial charge in [-0.1, -0.05) is 6.42 Å². The number of ether oxygens (including phenoxy) is 6. The van der Waals surface area contributed by atoms with Crippen LogP contribution in [0.5, 0.6) is 0 Å².